The van der Waals surface area contributed by atoms with Crippen LogP contribution in [0.15, 0.2) is 15.9 Å². The molecule has 2 atom stereocenters. The summed E-state index contributed by atoms with van der Waals surface area (Å²) in [4.78, 5) is 25.8. The molecule has 0 spiro atoms. The van der Waals surface area contributed by atoms with E-state index in [1.807, 2.05) is 0 Å². The van der Waals surface area contributed by atoms with Crippen LogP contribution in [0.25, 0.3) is 0 Å². The monoisotopic (exact) mass is 434 g/mol. The van der Waals surface area contributed by atoms with Gasteiger partial charge in [0.25, 0.3) is 11.8 Å². The number of hydrogen-bond acceptors (Lipinski definition) is 7. The van der Waals surface area contributed by atoms with E-state index in [0.29, 0.717) is 29.9 Å². The highest BCUT2D eigenvalue weighted by Crippen LogP contribution is 2.34. The number of ether oxygens (including phenoxy) is 1. The van der Waals surface area contributed by atoms with Gasteiger partial charge in [-0.15, -0.1) is 0 Å². The van der Waals surface area contributed by atoms with Crippen LogP contribution in [0.1, 0.15) is 86.7 Å². The van der Waals surface area contributed by atoms with Crippen LogP contribution < -0.4 is 16.0 Å². The predicted octanol–water partition coefficient (Wildman–Crippen LogP) is 2.22. The van der Waals surface area contributed by atoms with Crippen molar-refractivity contribution in [3.8, 4) is 0 Å². The van der Waals surface area contributed by atoms with E-state index in [9.17, 15) is 14.7 Å². The normalized spacial score (nSPS) is 25.5. The fourth-order valence-electron chi connectivity index (χ4n) is 4.07. The van der Waals surface area contributed by atoms with Crippen LogP contribution in [-0.2, 0) is 9.53 Å². The number of nitrogens with zero attached hydrogens (tertiary/aromatic N) is 1. The van der Waals surface area contributed by atoms with Gasteiger partial charge < -0.3 is 30.3 Å². The van der Waals surface area contributed by atoms with Crippen LogP contribution in [0.3, 0.4) is 0 Å². The van der Waals surface area contributed by atoms with Crippen LogP contribution >= 0.6 is 0 Å². The number of aliphatic hydroxyl groups is 1. The van der Waals surface area contributed by atoms with Crippen LogP contribution in [0.5, 0.6) is 0 Å². The number of carbonyl (C=O) groups excluding carboxylic acids is 2. The molecule has 0 aromatic carbocycles. The van der Waals surface area contributed by atoms with Gasteiger partial charge in [0.15, 0.2) is 11.5 Å². The maximum Gasteiger partial charge on any atom is 0.278 e. The first-order valence-electron chi connectivity index (χ1n) is 11.0. The van der Waals surface area contributed by atoms with E-state index >= 15 is 0 Å². The third kappa shape index (κ3) is 5.65. The Hall–Kier alpha value is -2.39. The molecule has 1 saturated carbocycles. The molecule has 1 aromatic rings. The van der Waals surface area contributed by atoms with Crippen LogP contribution in [0.2, 0.25) is 0 Å². The summed E-state index contributed by atoms with van der Waals surface area (Å²) < 4.78 is 11.1. The first-order chi connectivity index (χ1) is 14.7. The van der Waals surface area contributed by atoms with Crippen molar-refractivity contribution in [2.45, 2.75) is 83.5 Å². The van der Waals surface area contributed by atoms with Crippen molar-refractivity contribution in [1.82, 2.24) is 21.1 Å². The van der Waals surface area contributed by atoms with Crippen molar-refractivity contribution < 1.29 is 24.0 Å². The highest BCUT2D eigenvalue weighted by atomic mass is 16.5. The average Bonchev–Trinajstić information content (AvgIpc) is 3.13. The van der Waals surface area contributed by atoms with Gasteiger partial charge >= 0.3 is 0 Å². The van der Waals surface area contributed by atoms with Gasteiger partial charge in [-0.2, -0.15) is 0 Å². The predicted molar refractivity (Wildman–Crippen MR) is 114 cm³/mol. The molecule has 9 nitrogen and oxygen atoms in total. The molecule has 1 aromatic heterocycles. The average molecular weight is 435 g/mol. The first-order valence-corrected chi connectivity index (χ1v) is 11.0. The van der Waals surface area contributed by atoms with E-state index in [1.54, 1.807) is 27.8 Å². The van der Waals surface area contributed by atoms with Gasteiger partial charge in [0.05, 0.1) is 12.2 Å². The van der Waals surface area contributed by atoms with Crippen LogP contribution in [0.4, 0.5) is 0 Å². The summed E-state index contributed by atoms with van der Waals surface area (Å²) in [6.45, 7) is 5.40. The van der Waals surface area contributed by atoms with Gasteiger partial charge in [-0.1, -0.05) is 24.4 Å². The van der Waals surface area contributed by atoms with Gasteiger partial charge in [-0.3, -0.25) is 9.59 Å². The number of allylic oxidation sites excluding steroid dienone is 1. The minimum absolute atomic E-state index is 0.114. The molecule has 31 heavy (non-hydrogen) atoms. The number of carbonyl (C=O) groups is 2. The molecule has 172 valence electrons. The van der Waals surface area contributed by atoms with Crippen molar-refractivity contribution in [2.75, 3.05) is 13.7 Å². The third-order valence-corrected chi connectivity index (χ3v) is 6.16. The fraction of sp³-hybridized carbons (Fsp3) is 0.682. The Balaban J connectivity index is 1.71. The Kier molecular flexibility index (Phi) is 7.38. The molecule has 0 radical (unpaired) electrons. The second-order valence-electron chi connectivity index (χ2n) is 8.87. The van der Waals surface area contributed by atoms with E-state index in [4.69, 9.17) is 9.26 Å². The summed E-state index contributed by atoms with van der Waals surface area (Å²) in [5, 5.41) is 22.7. The number of nitrogens with one attached hydrogen (secondary N) is 3. The van der Waals surface area contributed by atoms with Crippen LogP contribution in [0, 0.1) is 6.92 Å². The Labute approximate surface area is 183 Å². The summed E-state index contributed by atoms with van der Waals surface area (Å²) >= 11 is 0. The number of rotatable bonds is 6. The molecule has 1 aliphatic heterocycles. The van der Waals surface area contributed by atoms with Crippen molar-refractivity contribution in [1.29, 1.82) is 0 Å². The Morgan fingerprint density at radius 1 is 1.19 bits per heavy atom. The lowest BCUT2D eigenvalue weighted by molar-refractivity contribution is -0.118. The second kappa shape index (κ2) is 9.82. The minimum atomic E-state index is -0.860. The van der Waals surface area contributed by atoms with Gasteiger partial charge in [0.2, 0.25) is 0 Å². The lowest BCUT2D eigenvalue weighted by Crippen LogP contribution is -2.42. The lowest BCUT2D eigenvalue weighted by Gasteiger charge is -2.32. The standard InChI is InChI=1S/C22H34N4O5/c1-13-17(26-31-19(13)16-10-11-22(3,29)12-30-16)20(27)25-18(14(2)23-4)21(28)24-15-8-6-5-7-9-15/h15-16,23,29H,5-12H2,1-4H3,(H,24,28)(H,25,27)/b18-14+/t16-,22?/m0/s1. The minimum Gasteiger partial charge on any atom is -0.390 e. The van der Waals surface area contributed by atoms with Gasteiger partial charge in [-0.05, 0) is 46.5 Å². The second-order valence-corrected chi connectivity index (χ2v) is 8.87. The Morgan fingerprint density at radius 2 is 1.90 bits per heavy atom. The van der Waals surface area contributed by atoms with E-state index in [0.717, 1.165) is 25.7 Å². The smallest absolute Gasteiger partial charge is 0.278 e. The summed E-state index contributed by atoms with van der Waals surface area (Å²) in [7, 11) is 1.70. The molecule has 4 N–H and O–H groups in total. The summed E-state index contributed by atoms with van der Waals surface area (Å²) in [6, 6.07) is 0.124. The van der Waals surface area contributed by atoms with Crippen molar-refractivity contribution in [3.63, 3.8) is 0 Å². The molecule has 3 rings (SSSR count). The molecule has 2 aliphatic rings. The molecule has 9 heteroatoms. The van der Waals surface area contributed by atoms with E-state index in [2.05, 4.69) is 21.1 Å². The highest BCUT2D eigenvalue weighted by Gasteiger charge is 2.34. The summed E-state index contributed by atoms with van der Waals surface area (Å²) in [6.07, 6.45) is 6.06. The topological polar surface area (TPSA) is 126 Å². The first kappa shape index (κ1) is 23.3. The molecular formula is C22H34N4O5. The molecule has 1 saturated heterocycles. The molecule has 0 bridgehead atoms. The maximum absolute atomic E-state index is 12.9. The highest BCUT2D eigenvalue weighted by molar-refractivity contribution is 6.03. The molecule has 2 fully saturated rings. The Morgan fingerprint density at radius 3 is 2.52 bits per heavy atom. The number of hydrogen-bond donors (Lipinski definition) is 4. The molecule has 2 heterocycles. The SMILES string of the molecule is CN/C(C)=C(/NC(=O)c1noc([C@@H]2CCC(C)(O)CO2)c1C)C(=O)NC1CCCCC1. The zero-order valence-electron chi connectivity index (χ0n) is 18.8. The van der Waals surface area contributed by atoms with Crippen molar-refractivity contribution in [2.24, 2.45) is 0 Å². The van der Waals surface area contributed by atoms with Crippen molar-refractivity contribution >= 4 is 11.8 Å². The molecule has 1 unspecified atom stereocenters. The van der Waals surface area contributed by atoms with Gasteiger partial charge in [0.1, 0.15) is 11.8 Å². The zero-order valence-corrected chi connectivity index (χ0v) is 18.8. The zero-order chi connectivity index (χ0) is 22.6. The summed E-state index contributed by atoms with van der Waals surface area (Å²) in [5.74, 6) is -0.354. The molecule has 2 amide bonds. The lowest BCUT2D eigenvalue weighted by atomic mass is 9.94. The Bertz CT molecular complexity index is 829. The fourth-order valence-corrected chi connectivity index (χ4v) is 4.07. The van der Waals surface area contributed by atoms with E-state index in [-0.39, 0.29) is 36.1 Å². The van der Waals surface area contributed by atoms with E-state index < -0.39 is 11.5 Å². The molecule has 1 aliphatic carbocycles. The van der Waals surface area contributed by atoms with Gasteiger partial charge in [0, 0.05) is 24.4 Å². The van der Waals surface area contributed by atoms with E-state index in [1.165, 1.54) is 6.42 Å². The number of aromatic nitrogens is 1. The maximum atomic E-state index is 12.9. The molecular weight excluding hydrogens is 400 g/mol. The number of amides is 2. The quantitative estimate of drug-likeness (QED) is 0.506. The van der Waals surface area contributed by atoms with Crippen LogP contribution in [-0.4, -0.2) is 47.4 Å². The van der Waals surface area contributed by atoms with Crippen molar-refractivity contribution in [3.05, 3.63) is 28.4 Å². The van der Waals surface area contributed by atoms with Gasteiger partial charge in [-0.25, -0.2) is 0 Å². The summed E-state index contributed by atoms with van der Waals surface area (Å²) in [5.41, 5.74) is 0.551. The largest absolute Gasteiger partial charge is 0.390 e. The third-order valence-electron chi connectivity index (χ3n) is 6.16.